The van der Waals surface area contributed by atoms with Gasteiger partial charge in [0.05, 0.1) is 26.7 Å². The zero-order chi connectivity index (χ0) is 27.5. The summed E-state index contributed by atoms with van der Waals surface area (Å²) >= 11 is 0. The zero-order valence-electron chi connectivity index (χ0n) is 21.9. The molecule has 2 aliphatic heterocycles. The monoisotopic (exact) mass is 547 g/mol. The molecule has 10 nitrogen and oxygen atoms in total. The van der Waals surface area contributed by atoms with E-state index in [-0.39, 0.29) is 37.4 Å². The third-order valence-corrected chi connectivity index (χ3v) is 8.67. The lowest BCUT2D eigenvalue weighted by atomic mass is 9.80. The Labute approximate surface area is 222 Å². The van der Waals surface area contributed by atoms with E-state index < -0.39 is 27.1 Å². The fraction of sp³-hybridized carbons (Fsp3) is 0.444. The molecule has 206 valence electrons. The van der Waals surface area contributed by atoms with Crippen LogP contribution in [0.3, 0.4) is 0 Å². The summed E-state index contributed by atoms with van der Waals surface area (Å²) in [6.07, 6.45) is 1.61. The van der Waals surface area contributed by atoms with Crippen LogP contribution in [0, 0.1) is 5.41 Å². The van der Waals surface area contributed by atoms with Gasteiger partial charge in [0.1, 0.15) is 17.3 Å². The van der Waals surface area contributed by atoms with Crippen molar-refractivity contribution in [3.63, 3.8) is 0 Å². The van der Waals surface area contributed by atoms with Crippen LogP contribution in [0.4, 0.5) is 0 Å². The van der Waals surface area contributed by atoms with Crippen LogP contribution in [0.1, 0.15) is 35.7 Å². The molecule has 2 aromatic rings. The van der Waals surface area contributed by atoms with E-state index in [1.54, 1.807) is 24.0 Å². The van der Waals surface area contributed by atoms with E-state index in [4.69, 9.17) is 23.7 Å². The van der Waals surface area contributed by atoms with Crippen molar-refractivity contribution in [2.75, 3.05) is 34.4 Å². The standard InChI is InChI=1S/C27H33NO9S/c1-5-23(38(30,31)32)27(22-16-36-24(37-22)13-18-9-7-6-8-10-18)11-12-28(17-27)26(29)19-14-20(33-2)25(35-4)21(15-19)34-3/h6-10,14-16,23-24H,5,11-13,17H2,1-4H3,(H,30,31,32). The molecule has 3 atom stereocenters. The highest BCUT2D eigenvalue weighted by molar-refractivity contribution is 7.86. The number of ether oxygens (including phenoxy) is 5. The van der Waals surface area contributed by atoms with E-state index in [2.05, 4.69) is 0 Å². The van der Waals surface area contributed by atoms with Gasteiger partial charge in [-0.1, -0.05) is 37.3 Å². The average molecular weight is 548 g/mol. The SMILES string of the molecule is CCC(C1(C2=COC(Cc3ccccc3)O2)CCN(C(=O)c2cc(OC)c(OC)c(OC)c2)C1)S(=O)(=O)O. The Kier molecular flexibility index (Phi) is 8.08. The minimum atomic E-state index is -4.49. The first-order valence-electron chi connectivity index (χ1n) is 12.3. The number of carbonyl (C=O) groups is 1. The number of nitrogens with zero attached hydrogens (tertiary/aromatic N) is 1. The minimum Gasteiger partial charge on any atom is -0.493 e. The van der Waals surface area contributed by atoms with Crippen molar-refractivity contribution in [2.24, 2.45) is 5.41 Å². The molecule has 0 bridgehead atoms. The molecule has 1 fully saturated rings. The quantitative estimate of drug-likeness (QED) is 0.444. The second-order valence-corrected chi connectivity index (χ2v) is 10.9. The molecule has 38 heavy (non-hydrogen) atoms. The second kappa shape index (κ2) is 11.1. The van der Waals surface area contributed by atoms with Gasteiger partial charge in [-0.05, 0) is 30.5 Å². The summed E-state index contributed by atoms with van der Waals surface area (Å²) in [5.41, 5.74) is 0.0905. The molecule has 1 N–H and O–H groups in total. The molecule has 2 heterocycles. The molecule has 0 radical (unpaired) electrons. The number of benzene rings is 2. The van der Waals surface area contributed by atoms with Gasteiger partial charge in [0, 0.05) is 25.1 Å². The van der Waals surface area contributed by atoms with E-state index >= 15 is 0 Å². The van der Waals surface area contributed by atoms with Gasteiger partial charge in [-0.25, -0.2) is 0 Å². The van der Waals surface area contributed by atoms with Crippen LogP contribution in [0.25, 0.3) is 0 Å². The number of rotatable bonds is 10. The van der Waals surface area contributed by atoms with Crippen molar-refractivity contribution in [3.8, 4) is 17.2 Å². The molecule has 1 amide bonds. The van der Waals surface area contributed by atoms with Crippen LogP contribution in [0.5, 0.6) is 17.2 Å². The third-order valence-electron chi connectivity index (χ3n) is 7.17. The summed E-state index contributed by atoms with van der Waals surface area (Å²) in [5.74, 6) is 0.957. The molecule has 3 unspecified atom stereocenters. The maximum absolute atomic E-state index is 13.6. The van der Waals surface area contributed by atoms with Crippen LogP contribution in [0.2, 0.25) is 0 Å². The van der Waals surface area contributed by atoms with Crippen LogP contribution in [-0.4, -0.2) is 69.7 Å². The molecule has 11 heteroatoms. The Morgan fingerprint density at radius 1 is 1.13 bits per heavy atom. The summed E-state index contributed by atoms with van der Waals surface area (Å²) in [6.45, 7) is 1.93. The van der Waals surface area contributed by atoms with Gasteiger partial charge in [-0.2, -0.15) is 8.42 Å². The Morgan fingerprint density at radius 3 is 2.34 bits per heavy atom. The number of carbonyl (C=O) groups excluding carboxylic acids is 1. The van der Waals surface area contributed by atoms with E-state index in [0.29, 0.717) is 29.4 Å². The molecule has 2 aromatic carbocycles. The van der Waals surface area contributed by atoms with Crippen molar-refractivity contribution in [1.82, 2.24) is 4.90 Å². The molecule has 0 aliphatic carbocycles. The summed E-state index contributed by atoms with van der Waals surface area (Å²) in [4.78, 5) is 15.2. The maximum atomic E-state index is 13.6. The topological polar surface area (TPSA) is 121 Å². The van der Waals surface area contributed by atoms with Gasteiger partial charge in [-0.3, -0.25) is 9.35 Å². The fourth-order valence-electron chi connectivity index (χ4n) is 5.37. The van der Waals surface area contributed by atoms with Gasteiger partial charge in [-0.15, -0.1) is 0 Å². The predicted octanol–water partition coefficient (Wildman–Crippen LogP) is 3.67. The maximum Gasteiger partial charge on any atom is 0.268 e. The lowest BCUT2D eigenvalue weighted by Gasteiger charge is -2.35. The summed E-state index contributed by atoms with van der Waals surface area (Å²) in [7, 11) is -0.0971. The summed E-state index contributed by atoms with van der Waals surface area (Å²) < 4.78 is 63.3. The number of likely N-dealkylation sites (tertiary alicyclic amines) is 1. The minimum absolute atomic E-state index is 0.00798. The fourth-order valence-corrected chi connectivity index (χ4v) is 6.67. The number of methoxy groups -OCH3 is 3. The average Bonchev–Trinajstić information content (AvgIpc) is 3.56. The third kappa shape index (κ3) is 5.25. The Morgan fingerprint density at radius 2 is 1.79 bits per heavy atom. The highest BCUT2D eigenvalue weighted by atomic mass is 32.2. The van der Waals surface area contributed by atoms with E-state index in [1.165, 1.54) is 27.6 Å². The molecule has 0 spiro atoms. The number of amides is 1. The molecular formula is C27H33NO9S. The normalized spacial score (nSPS) is 21.8. The first-order chi connectivity index (χ1) is 18.2. The highest BCUT2D eigenvalue weighted by Crippen LogP contribution is 2.48. The van der Waals surface area contributed by atoms with Crippen LogP contribution >= 0.6 is 0 Å². The van der Waals surface area contributed by atoms with E-state index in [0.717, 1.165) is 5.56 Å². The zero-order valence-corrected chi connectivity index (χ0v) is 22.7. The van der Waals surface area contributed by atoms with Crippen LogP contribution in [0.15, 0.2) is 54.5 Å². The van der Waals surface area contributed by atoms with Crippen molar-refractivity contribution >= 4 is 16.0 Å². The van der Waals surface area contributed by atoms with Crippen LogP contribution < -0.4 is 14.2 Å². The lowest BCUT2D eigenvalue weighted by Crippen LogP contribution is -2.45. The highest BCUT2D eigenvalue weighted by Gasteiger charge is 2.55. The smallest absolute Gasteiger partial charge is 0.268 e. The summed E-state index contributed by atoms with van der Waals surface area (Å²) in [6, 6.07) is 12.7. The summed E-state index contributed by atoms with van der Waals surface area (Å²) in [5, 5.41) is -1.20. The first kappa shape index (κ1) is 27.6. The Balaban J connectivity index is 1.63. The lowest BCUT2D eigenvalue weighted by molar-refractivity contribution is -0.0444. The first-order valence-corrected chi connectivity index (χ1v) is 13.8. The van der Waals surface area contributed by atoms with Gasteiger partial charge < -0.3 is 28.6 Å². The number of hydrogen-bond acceptors (Lipinski definition) is 8. The number of hydrogen-bond donors (Lipinski definition) is 1. The molecule has 4 rings (SSSR count). The van der Waals surface area contributed by atoms with Gasteiger partial charge in [0.25, 0.3) is 16.0 Å². The molecular weight excluding hydrogens is 514 g/mol. The van der Waals surface area contributed by atoms with Crippen molar-refractivity contribution in [3.05, 3.63) is 65.6 Å². The van der Waals surface area contributed by atoms with Crippen LogP contribution in [-0.2, 0) is 26.0 Å². The van der Waals surface area contributed by atoms with Gasteiger partial charge >= 0.3 is 0 Å². The van der Waals surface area contributed by atoms with Gasteiger partial charge in [0.15, 0.2) is 11.5 Å². The van der Waals surface area contributed by atoms with Crippen molar-refractivity contribution < 1.29 is 41.4 Å². The van der Waals surface area contributed by atoms with Crippen molar-refractivity contribution in [1.29, 1.82) is 0 Å². The largest absolute Gasteiger partial charge is 0.493 e. The Hall–Kier alpha value is -3.44. The molecule has 0 saturated carbocycles. The molecule has 2 aliphatic rings. The van der Waals surface area contributed by atoms with Gasteiger partial charge in [0.2, 0.25) is 12.0 Å². The Bertz CT molecular complexity index is 1270. The second-order valence-electron chi connectivity index (χ2n) is 9.31. The molecule has 0 aromatic heterocycles. The molecule has 1 saturated heterocycles. The van der Waals surface area contributed by atoms with E-state index in [1.807, 2.05) is 30.3 Å². The van der Waals surface area contributed by atoms with Crippen molar-refractivity contribution in [2.45, 2.75) is 37.7 Å². The van der Waals surface area contributed by atoms with E-state index in [9.17, 15) is 17.8 Å². The predicted molar refractivity (Wildman–Crippen MR) is 139 cm³/mol.